The van der Waals surface area contributed by atoms with E-state index in [2.05, 4.69) is 38.5 Å². The topological polar surface area (TPSA) is 29.8 Å². The fraction of sp³-hybridized carbons (Fsp3) is 0.533. The number of hydrogen-bond acceptors (Lipinski definition) is 3. The van der Waals surface area contributed by atoms with Crippen molar-refractivity contribution in [2.75, 3.05) is 31.7 Å². The molecule has 0 radical (unpaired) electrons. The van der Waals surface area contributed by atoms with Crippen molar-refractivity contribution in [3.05, 3.63) is 30.1 Å². The molecule has 0 unspecified atom stereocenters. The average molecular weight is 338 g/mol. The third kappa shape index (κ3) is 2.99. The van der Waals surface area contributed by atoms with E-state index < -0.39 is 0 Å². The van der Waals surface area contributed by atoms with Crippen molar-refractivity contribution >= 4 is 27.4 Å². The summed E-state index contributed by atoms with van der Waals surface area (Å²) in [5.41, 5.74) is 2.17. The summed E-state index contributed by atoms with van der Waals surface area (Å²) in [5, 5.41) is 0.792. The summed E-state index contributed by atoms with van der Waals surface area (Å²) >= 11 is 3.57. The van der Waals surface area contributed by atoms with Gasteiger partial charge in [-0.25, -0.2) is 4.98 Å². The summed E-state index contributed by atoms with van der Waals surface area (Å²) in [6, 6.07) is 6.08. The molecule has 4 nitrogen and oxygen atoms in total. The van der Waals surface area contributed by atoms with Gasteiger partial charge in [0.1, 0.15) is 5.65 Å². The van der Waals surface area contributed by atoms with Gasteiger partial charge in [0.25, 0.3) is 0 Å². The maximum atomic E-state index is 5.71. The van der Waals surface area contributed by atoms with Gasteiger partial charge in [-0.2, -0.15) is 0 Å². The van der Waals surface area contributed by atoms with Crippen molar-refractivity contribution in [3.8, 4) is 0 Å². The quantitative estimate of drug-likeness (QED) is 0.574. The minimum atomic E-state index is 0.766. The monoisotopic (exact) mass is 337 g/mol. The standard InChI is InChI=1S/C15H20BrN3O/c1-18(8-9-20-11-12-5-6-12)15-13(10-16)19-7-3-2-4-14(19)17-15/h2-4,7,12H,5-6,8-11H2,1H3. The highest BCUT2D eigenvalue weighted by molar-refractivity contribution is 9.08. The van der Waals surface area contributed by atoms with Crippen LogP contribution in [0.25, 0.3) is 5.65 Å². The maximum absolute atomic E-state index is 5.71. The highest BCUT2D eigenvalue weighted by Crippen LogP contribution is 2.28. The van der Waals surface area contributed by atoms with Crippen LogP contribution in [0, 0.1) is 5.92 Å². The zero-order valence-corrected chi connectivity index (χ0v) is 13.3. The number of hydrogen-bond donors (Lipinski definition) is 0. The van der Waals surface area contributed by atoms with Crippen molar-refractivity contribution in [1.29, 1.82) is 0 Å². The van der Waals surface area contributed by atoms with Gasteiger partial charge >= 0.3 is 0 Å². The second kappa shape index (κ2) is 6.14. The van der Waals surface area contributed by atoms with E-state index in [9.17, 15) is 0 Å². The van der Waals surface area contributed by atoms with E-state index in [0.717, 1.165) is 42.5 Å². The molecule has 108 valence electrons. The Morgan fingerprint density at radius 2 is 2.30 bits per heavy atom. The predicted octanol–water partition coefficient (Wildman–Crippen LogP) is 3.09. The number of likely N-dealkylation sites (N-methyl/N-ethyl adjacent to an activating group) is 1. The van der Waals surface area contributed by atoms with Crippen LogP contribution in [-0.4, -0.2) is 36.2 Å². The molecule has 1 aliphatic carbocycles. The molecular formula is C15H20BrN3O. The molecule has 1 fully saturated rings. The van der Waals surface area contributed by atoms with Crippen LogP contribution in [-0.2, 0) is 10.1 Å². The molecule has 0 spiro atoms. The van der Waals surface area contributed by atoms with Gasteiger partial charge in [0, 0.05) is 31.7 Å². The lowest BCUT2D eigenvalue weighted by Gasteiger charge is -2.17. The maximum Gasteiger partial charge on any atom is 0.151 e. The van der Waals surface area contributed by atoms with Crippen molar-refractivity contribution in [2.24, 2.45) is 5.92 Å². The van der Waals surface area contributed by atoms with Gasteiger partial charge in [-0.15, -0.1) is 0 Å². The first-order valence-corrected chi connectivity index (χ1v) is 8.22. The van der Waals surface area contributed by atoms with Crippen molar-refractivity contribution in [1.82, 2.24) is 9.38 Å². The number of rotatable bonds is 7. The molecule has 1 saturated carbocycles. The summed E-state index contributed by atoms with van der Waals surface area (Å²) in [7, 11) is 2.08. The van der Waals surface area contributed by atoms with Gasteiger partial charge in [-0.05, 0) is 30.9 Å². The predicted molar refractivity (Wildman–Crippen MR) is 84.6 cm³/mol. The molecule has 2 aromatic rings. The van der Waals surface area contributed by atoms with Crippen LogP contribution in [0.4, 0.5) is 5.82 Å². The molecule has 0 amide bonds. The lowest BCUT2D eigenvalue weighted by atomic mass is 10.4. The van der Waals surface area contributed by atoms with Crippen LogP contribution in [0.3, 0.4) is 0 Å². The third-order valence-corrected chi connectivity index (χ3v) is 4.25. The Bertz CT molecular complexity index is 580. The van der Waals surface area contributed by atoms with Crippen LogP contribution in [0.1, 0.15) is 18.5 Å². The highest BCUT2D eigenvalue weighted by atomic mass is 79.9. The summed E-state index contributed by atoms with van der Waals surface area (Å²) in [4.78, 5) is 6.89. The second-order valence-electron chi connectivity index (χ2n) is 5.38. The van der Waals surface area contributed by atoms with Crippen LogP contribution >= 0.6 is 15.9 Å². The Labute approximate surface area is 127 Å². The summed E-state index contributed by atoms with van der Waals surface area (Å²) < 4.78 is 7.84. The lowest BCUT2D eigenvalue weighted by molar-refractivity contribution is 0.131. The van der Waals surface area contributed by atoms with Gasteiger partial charge in [0.15, 0.2) is 5.82 Å². The normalized spacial score (nSPS) is 14.9. The number of nitrogens with zero attached hydrogens (tertiary/aromatic N) is 3. The van der Waals surface area contributed by atoms with Gasteiger partial charge in [-0.3, -0.25) is 0 Å². The molecule has 0 bridgehead atoms. The van der Waals surface area contributed by atoms with E-state index in [1.807, 2.05) is 18.2 Å². The molecule has 2 aromatic heterocycles. The number of ether oxygens (including phenoxy) is 1. The van der Waals surface area contributed by atoms with Gasteiger partial charge < -0.3 is 14.0 Å². The number of aromatic nitrogens is 2. The molecule has 20 heavy (non-hydrogen) atoms. The Hall–Kier alpha value is -1.07. The Kier molecular flexibility index (Phi) is 4.27. The number of anilines is 1. The van der Waals surface area contributed by atoms with Gasteiger partial charge in [-0.1, -0.05) is 22.0 Å². The minimum absolute atomic E-state index is 0.766. The van der Waals surface area contributed by atoms with Gasteiger partial charge in [0.05, 0.1) is 12.3 Å². The van der Waals surface area contributed by atoms with E-state index in [-0.39, 0.29) is 0 Å². The van der Waals surface area contributed by atoms with Crippen molar-refractivity contribution in [2.45, 2.75) is 18.2 Å². The second-order valence-corrected chi connectivity index (χ2v) is 5.95. The number of fused-ring (bicyclic) bond motifs is 1. The molecule has 0 N–H and O–H groups in total. The van der Waals surface area contributed by atoms with E-state index >= 15 is 0 Å². The number of halogens is 1. The Balaban J connectivity index is 1.67. The van der Waals surface area contributed by atoms with Crippen LogP contribution in [0.15, 0.2) is 24.4 Å². The molecule has 5 heteroatoms. The molecule has 0 aromatic carbocycles. The largest absolute Gasteiger partial charge is 0.379 e. The van der Waals surface area contributed by atoms with Crippen molar-refractivity contribution < 1.29 is 4.74 Å². The molecule has 0 aliphatic heterocycles. The fourth-order valence-electron chi connectivity index (χ4n) is 2.31. The molecule has 1 aliphatic rings. The lowest BCUT2D eigenvalue weighted by Crippen LogP contribution is -2.24. The van der Waals surface area contributed by atoms with E-state index in [1.165, 1.54) is 18.5 Å². The Morgan fingerprint density at radius 1 is 1.45 bits per heavy atom. The fourth-order valence-corrected chi connectivity index (χ4v) is 2.83. The smallest absolute Gasteiger partial charge is 0.151 e. The third-order valence-electron chi connectivity index (χ3n) is 3.72. The molecular weight excluding hydrogens is 318 g/mol. The highest BCUT2D eigenvalue weighted by Gasteiger charge is 2.21. The first-order chi connectivity index (χ1) is 9.79. The van der Waals surface area contributed by atoms with E-state index in [0.29, 0.717) is 0 Å². The Morgan fingerprint density at radius 3 is 3.05 bits per heavy atom. The zero-order chi connectivity index (χ0) is 13.9. The van der Waals surface area contributed by atoms with Crippen LogP contribution in [0.2, 0.25) is 0 Å². The van der Waals surface area contributed by atoms with Gasteiger partial charge in [0.2, 0.25) is 0 Å². The number of imidazole rings is 1. The van der Waals surface area contributed by atoms with Crippen LogP contribution < -0.4 is 4.90 Å². The first-order valence-electron chi connectivity index (χ1n) is 7.10. The van der Waals surface area contributed by atoms with E-state index in [1.54, 1.807) is 0 Å². The minimum Gasteiger partial charge on any atom is -0.379 e. The molecule has 0 saturated heterocycles. The summed E-state index contributed by atoms with van der Waals surface area (Å²) in [5.74, 6) is 1.86. The van der Waals surface area contributed by atoms with E-state index in [4.69, 9.17) is 9.72 Å². The first kappa shape index (κ1) is 13.9. The average Bonchev–Trinajstić information content (AvgIpc) is 3.21. The summed E-state index contributed by atoms with van der Waals surface area (Å²) in [6.07, 6.45) is 4.74. The molecule has 3 rings (SSSR count). The SMILES string of the molecule is CN(CCOCC1CC1)c1nc2ccccn2c1CBr. The molecule has 0 atom stereocenters. The number of pyridine rings is 1. The van der Waals surface area contributed by atoms with Crippen LogP contribution in [0.5, 0.6) is 0 Å². The molecule has 2 heterocycles. The zero-order valence-electron chi connectivity index (χ0n) is 11.8. The van der Waals surface area contributed by atoms with Crippen molar-refractivity contribution in [3.63, 3.8) is 0 Å². The summed E-state index contributed by atoms with van der Waals surface area (Å²) in [6.45, 7) is 2.56. The number of alkyl halides is 1.